The summed E-state index contributed by atoms with van der Waals surface area (Å²) < 4.78 is 0. The maximum atomic E-state index is 14.3. The Bertz CT molecular complexity index is 1940. The standard InChI is InChI=1S/C43H75N17O10/c1-24(2)21-31(59-34(63)26(45)22-25-11-4-3-5-12-25)39(68)58-29(15-9-19-53-42(48)49)37(66)56-28(14-8-18-52-41(46)47)36(65)55-27(13-6-7-17-44)35(64)57-30(16-10-20-54-43(50)51)38(67)60-32(40(69)70)23-33(61)62/h3-5,11-12,24,26-32H,6-10,13-23,44-45H2,1-2H3,(H,55,65)(H,56,66)(H,57,64)(H,58,68)(H,59,63)(H,60,67)(H,61,62)(H,69,70)(H4,46,47,52)(H4,48,49,53)(H4,50,51,54)/t26-,27-,28-,29-,30-,31-,32-/m0/s1. The van der Waals surface area contributed by atoms with E-state index in [1.807, 2.05) is 32.0 Å². The van der Waals surface area contributed by atoms with Crippen LogP contribution in [0.2, 0.25) is 0 Å². The lowest BCUT2D eigenvalue weighted by Crippen LogP contribution is -2.60. The van der Waals surface area contributed by atoms with Gasteiger partial charge in [0.05, 0.1) is 12.5 Å². The second kappa shape index (κ2) is 33.2. The van der Waals surface area contributed by atoms with Gasteiger partial charge in [-0.2, -0.15) is 0 Å². The third-order valence-corrected chi connectivity index (χ3v) is 10.3. The van der Waals surface area contributed by atoms with E-state index in [2.05, 4.69) is 46.9 Å². The van der Waals surface area contributed by atoms with Crippen molar-refractivity contribution in [2.75, 3.05) is 26.2 Å². The topological polar surface area (TPSA) is 494 Å². The number of carbonyl (C=O) groups is 8. The Balaban J connectivity index is 3.57. The number of carbonyl (C=O) groups excluding carboxylic acids is 6. The van der Waals surface area contributed by atoms with Gasteiger partial charge in [0.2, 0.25) is 35.4 Å². The van der Waals surface area contributed by atoms with Crippen LogP contribution in [0.4, 0.5) is 0 Å². The highest BCUT2D eigenvalue weighted by Gasteiger charge is 2.34. The van der Waals surface area contributed by atoms with E-state index in [4.69, 9.17) is 45.9 Å². The summed E-state index contributed by atoms with van der Waals surface area (Å²) in [4.78, 5) is 118. The van der Waals surface area contributed by atoms with Crippen molar-refractivity contribution in [2.24, 2.45) is 66.8 Å². The van der Waals surface area contributed by atoms with Gasteiger partial charge in [0.15, 0.2) is 17.9 Å². The molecule has 0 bridgehead atoms. The first kappa shape index (κ1) is 60.7. The summed E-state index contributed by atoms with van der Waals surface area (Å²) in [7, 11) is 0. The molecular formula is C43H75N17O10. The highest BCUT2D eigenvalue weighted by molar-refractivity contribution is 5.97. The van der Waals surface area contributed by atoms with Crippen LogP contribution in [-0.2, 0) is 44.8 Å². The molecule has 24 N–H and O–H groups in total. The van der Waals surface area contributed by atoms with E-state index in [1.165, 1.54) is 0 Å². The molecule has 0 aliphatic heterocycles. The molecular weight excluding hydrogens is 915 g/mol. The quantitative estimate of drug-likeness (QED) is 0.0173. The Labute approximate surface area is 407 Å². The first-order valence-corrected chi connectivity index (χ1v) is 23.0. The van der Waals surface area contributed by atoms with Gasteiger partial charge in [-0.3, -0.25) is 48.5 Å². The largest absolute Gasteiger partial charge is 0.481 e. The zero-order chi connectivity index (χ0) is 52.8. The lowest BCUT2D eigenvalue weighted by molar-refractivity contribution is -0.147. The summed E-state index contributed by atoms with van der Waals surface area (Å²) in [6.45, 7) is 4.00. The summed E-state index contributed by atoms with van der Waals surface area (Å²) in [5, 5.41) is 34.1. The van der Waals surface area contributed by atoms with Gasteiger partial charge >= 0.3 is 11.9 Å². The third-order valence-electron chi connectivity index (χ3n) is 10.3. The van der Waals surface area contributed by atoms with E-state index in [0.717, 1.165) is 5.56 Å². The van der Waals surface area contributed by atoms with Crippen LogP contribution in [-0.4, -0.2) is 144 Å². The molecule has 0 unspecified atom stereocenters. The Morgan fingerprint density at radius 3 is 1.21 bits per heavy atom. The highest BCUT2D eigenvalue weighted by Crippen LogP contribution is 2.11. The molecule has 27 heteroatoms. The van der Waals surface area contributed by atoms with Crippen molar-refractivity contribution < 1.29 is 48.6 Å². The molecule has 0 aliphatic rings. The minimum absolute atomic E-state index is 0.00302. The molecule has 0 aliphatic carbocycles. The first-order valence-electron chi connectivity index (χ1n) is 23.0. The zero-order valence-corrected chi connectivity index (χ0v) is 39.9. The predicted octanol–water partition coefficient (Wildman–Crippen LogP) is -4.64. The number of carboxylic acid groups (broad SMARTS) is 2. The number of rotatable bonds is 35. The molecule has 0 saturated carbocycles. The number of hydrogen-bond donors (Lipinski definition) is 16. The molecule has 7 atom stereocenters. The smallest absolute Gasteiger partial charge is 0.326 e. The van der Waals surface area contributed by atoms with Gasteiger partial charge in [-0.05, 0) is 88.7 Å². The molecule has 6 amide bonds. The molecule has 0 radical (unpaired) electrons. The number of aliphatic carboxylic acids is 2. The lowest BCUT2D eigenvalue weighted by atomic mass is 10.0. The van der Waals surface area contributed by atoms with E-state index in [9.17, 15) is 48.6 Å². The summed E-state index contributed by atoms with van der Waals surface area (Å²) in [5.74, 6) is -8.88. The average molecular weight is 990 g/mol. The first-order chi connectivity index (χ1) is 33.0. The molecule has 392 valence electrons. The number of nitrogens with two attached hydrogens (primary N) is 8. The van der Waals surface area contributed by atoms with Crippen LogP contribution >= 0.6 is 0 Å². The summed E-state index contributed by atoms with van der Waals surface area (Å²) in [6.07, 6.45) is 0.188. The van der Waals surface area contributed by atoms with Crippen molar-refractivity contribution >= 4 is 65.3 Å². The maximum absolute atomic E-state index is 14.3. The van der Waals surface area contributed by atoms with Crippen LogP contribution in [0.15, 0.2) is 45.3 Å². The SMILES string of the molecule is CC(C)C[C@H](NC(=O)[C@@H](N)Cc1ccccc1)C(=O)N[C@@H](CCCN=C(N)N)C(=O)N[C@@H](CCCN=C(N)N)C(=O)N[C@@H](CCCCN)C(=O)N[C@@H](CCCN=C(N)N)C(=O)N[C@@H](CC(=O)O)C(=O)O. The molecule has 1 rings (SSSR count). The molecule has 0 saturated heterocycles. The number of amides is 6. The minimum Gasteiger partial charge on any atom is -0.481 e. The highest BCUT2D eigenvalue weighted by atomic mass is 16.4. The average Bonchev–Trinajstić information content (AvgIpc) is 3.27. The van der Waals surface area contributed by atoms with E-state index in [1.54, 1.807) is 12.1 Å². The Morgan fingerprint density at radius 1 is 0.514 bits per heavy atom. The summed E-state index contributed by atoms with van der Waals surface area (Å²) in [6, 6.07) is -0.478. The number of nitrogens with one attached hydrogen (secondary N) is 6. The number of aliphatic imine (C=N–C) groups is 3. The van der Waals surface area contributed by atoms with E-state index >= 15 is 0 Å². The molecule has 70 heavy (non-hydrogen) atoms. The Hall–Kier alpha value is -7.29. The molecule has 0 aromatic heterocycles. The van der Waals surface area contributed by atoms with Gasteiger partial charge in [-0.15, -0.1) is 0 Å². The second-order valence-electron chi connectivity index (χ2n) is 16.9. The fourth-order valence-electron chi connectivity index (χ4n) is 6.76. The van der Waals surface area contributed by atoms with Crippen LogP contribution in [0.3, 0.4) is 0 Å². The Morgan fingerprint density at radius 2 is 0.871 bits per heavy atom. The molecule has 0 spiro atoms. The van der Waals surface area contributed by atoms with Crippen molar-refractivity contribution in [3.05, 3.63) is 35.9 Å². The fraction of sp³-hybridized carbons (Fsp3) is 0.605. The predicted molar refractivity (Wildman–Crippen MR) is 262 cm³/mol. The van der Waals surface area contributed by atoms with Gasteiger partial charge in [0.1, 0.15) is 36.3 Å². The lowest BCUT2D eigenvalue weighted by Gasteiger charge is -2.28. The molecule has 1 aromatic carbocycles. The number of carboxylic acids is 2. The number of hydrogen-bond acceptors (Lipinski definition) is 13. The van der Waals surface area contributed by atoms with Gasteiger partial charge < -0.3 is 88.0 Å². The molecule has 0 heterocycles. The number of guanidine groups is 3. The van der Waals surface area contributed by atoms with Crippen LogP contribution in [0.1, 0.15) is 90.0 Å². The normalized spacial score (nSPS) is 13.8. The molecule has 0 fully saturated rings. The van der Waals surface area contributed by atoms with Crippen molar-refractivity contribution in [3.63, 3.8) is 0 Å². The van der Waals surface area contributed by atoms with Gasteiger partial charge in [0.25, 0.3) is 0 Å². The fourth-order valence-corrected chi connectivity index (χ4v) is 6.76. The van der Waals surface area contributed by atoms with E-state index < -0.39 is 96.1 Å². The Kier molecular flexibility index (Phi) is 28.8. The minimum atomic E-state index is -1.85. The van der Waals surface area contributed by atoms with Crippen LogP contribution in [0.5, 0.6) is 0 Å². The summed E-state index contributed by atoms with van der Waals surface area (Å²) in [5.41, 5.74) is 45.6. The van der Waals surface area contributed by atoms with Gasteiger partial charge in [-0.1, -0.05) is 44.2 Å². The van der Waals surface area contributed by atoms with Gasteiger partial charge in [-0.25, -0.2) is 4.79 Å². The summed E-state index contributed by atoms with van der Waals surface area (Å²) >= 11 is 0. The van der Waals surface area contributed by atoms with Crippen molar-refractivity contribution in [1.82, 2.24) is 31.9 Å². The third kappa shape index (κ3) is 26.3. The van der Waals surface area contributed by atoms with Crippen molar-refractivity contribution in [3.8, 4) is 0 Å². The second-order valence-corrected chi connectivity index (χ2v) is 16.9. The number of unbranched alkanes of at least 4 members (excludes halogenated alkanes) is 1. The van der Waals surface area contributed by atoms with Crippen LogP contribution < -0.4 is 77.8 Å². The van der Waals surface area contributed by atoms with Gasteiger partial charge in [0, 0.05) is 19.6 Å². The zero-order valence-electron chi connectivity index (χ0n) is 39.9. The van der Waals surface area contributed by atoms with E-state index in [0.29, 0.717) is 12.8 Å². The van der Waals surface area contributed by atoms with Crippen molar-refractivity contribution in [1.29, 1.82) is 0 Å². The molecule has 1 aromatic rings. The van der Waals surface area contributed by atoms with Crippen LogP contribution in [0, 0.1) is 5.92 Å². The number of nitrogens with zero attached hydrogens (tertiary/aromatic N) is 3. The maximum Gasteiger partial charge on any atom is 0.326 e. The number of benzene rings is 1. The van der Waals surface area contributed by atoms with Crippen LogP contribution in [0.25, 0.3) is 0 Å². The van der Waals surface area contributed by atoms with Crippen molar-refractivity contribution in [2.45, 2.75) is 133 Å². The van der Waals surface area contributed by atoms with E-state index in [-0.39, 0.29) is 108 Å². The monoisotopic (exact) mass is 990 g/mol. The molecule has 27 nitrogen and oxygen atoms in total.